The number of nitrogens with one attached hydrogen (secondary N) is 1. The fourth-order valence-electron chi connectivity index (χ4n) is 3.11. The lowest BCUT2D eigenvalue weighted by Gasteiger charge is -2.20. The maximum atomic E-state index is 5.41. The molecule has 1 saturated heterocycles. The molecule has 1 fully saturated rings. The van der Waals surface area contributed by atoms with Crippen LogP contribution in [0.3, 0.4) is 0 Å². The second kappa shape index (κ2) is 6.49. The molecule has 1 aromatic rings. The number of pyridine rings is 1. The predicted molar refractivity (Wildman–Crippen MR) is 78.4 cm³/mol. The first-order chi connectivity index (χ1) is 9.08. The van der Waals surface area contributed by atoms with Gasteiger partial charge in [-0.2, -0.15) is 0 Å². The highest BCUT2D eigenvalue weighted by molar-refractivity contribution is 5.33. The zero-order chi connectivity index (χ0) is 13.8. The van der Waals surface area contributed by atoms with Crippen molar-refractivity contribution in [3.05, 3.63) is 28.6 Å². The van der Waals surface area contributed by atoms with Crippen molar-refractivity contribution in [1.82, 2.24) is 10.3 Å². The van der Waals surface area contributed by atoms with Crippen LogP contribution in [0.4, 0.5) is 0 Å². The first kappa shape index (κ1) is 14.5. The maximum absolute atomic E-state index is 5.41. The van der Waals surface area contributed by atoms with Crippen LogP contribution in [0.25, 0.3) is 0 Å². The summed E-state index contributed by atoms with van der Waals surface area (Å²) >= 11 is 0. The minimum absolute atomic E-state index is 0.371. The van der Waals surface area contributed by atoms with Crippen LogP contribution in [0.1, 0.15) is 48.3 Å². The van der Waals surface area contributed by atoms with Gasteiger partial charge in [-0.1, -0.05) is 0 Å². The number of ether oxygens (including phenoxy) is 1. The number of rotatable bonds is 5. The van der Waals surface area contributed by atoms with Gasteiger partial charge < -0.3 is 10.1 Å². The molecule has 1 aromatic heterocycles. The Morgan fingerprint density at radius 2 is 2.21 bits per heavy atom. The summed E-state index contributed by atoms with van der Waals surface area (Å²) in [6, 6.07) is 2.54. The van der Waals surface area contributed by atoms with Crippen molar-refractivity contribution < 1.29 is 4.74 Å². The Labute approximate surface area is 116 Å². The Morgan fingerprint density at radius 3 is 2.84 bits per heavy atom. The molecule has 2 heterocycles. The molecule has 1 aliphatic heterocycles. The first-order valence-corrected chi connectivity index (χ1v) is 7.33. The number of hydrogen-bond acceptors (Lipinski definition) is 3. The van der Waals surface area contributed by atoms with Crippen molar-refractivity contribution in [2.75, 3.05) is 19.8 Å². The highest BCUT2D eigenvalue weighted by atomic mass is 16.5. The molecule has 0 amide bonds. The molecule has 2 atom stereocenters. The summed E-state index contributed by atoms with van der Waals surface area (Å²) in [5.74, 6) is 0.748. The van der Waals surface area contributed by atoms with E-state index >= 15 is 0 Å². The number of nitrogens with zero attached hydrogens (tertiary/aromatic N) is 1. The number of aryl methyl sites for hydroxylation is 3. The summed E-state index contributed by atoms with van der Waals surface area (Å²) in [6.45, 7) is 11.5. The van der Waals surface area contributed by atoms with Crippen molar-refractivity contribution in [2.24, 2.45) is 5.92 Å². The Morgan fingerprint density at radius 1 is 1.42 bits per heavy atom. The topological polar surface area (TPSA) is 34.1 Å². The van der Waals surface area contributed by atoms with Crippen LogP contribution in [0.5, 0.6) is 0 Å². The Balaban J connectivity index is 1.90. The van der Waals surface area contributed by atoms with E-state index in [1.54, 1.807) is 0 Å². The van der Waals surface area contributed by atoms with Crippen LogP contribution in [-0.4, -0.2) is 24.7 Å². The van der Waals surface area contributed by atoms with Gasteiger partial charge >= 0.3 is 0 Å². The van der Waals surface area contributed by atoms with E-state index in [1.807, 2.05) is 0 Å². The molecule has 0 spiro atoms. The highest BCUT2D eigenvalue weighted by Gasteiger charge is 2.17. The summed E-state index contributed by atoms with van der Waals surface area (Å²) < 4.78 is 5.41. The van der Waals surface area contributed by atoms with E-state index < -0.39 is 0 Å². The van der Waals surface area contributed by atoms with Crippen molar-refractivity contribution in [3.8, 4) is 0 Å². The molecule has 1 aliphatic rings. The molecule has 1 N–H and O–H groups in total. The van der Waals surface area contributed by atoms with Crippen molar-refractivity contribution in [1.29, 1.82) is 0 Å². The van der Waals surface area contributed by atoms with E-state index in [-0.39, 0.29) is 0 Å². The average molecular weight is 262 g/mol. The lowest BCUT2D eigenvalue weighted by molar-refractivity contribution is 0.184. The molecule has 19 heavy (non-hydrogen) atoms. The van der Waals surface area contributed by atoms with Gasteiger partial charge in [0.25, 0.3) is 0 Å². The van der Waals surface area contributed by atoms with Gasteiger partial charge in [-0.3, -0.25) is 4.98 Å². The van der Waals surface area contributed by atoms with Crippen molar-refractivity contribution >= 4 is 0 Å². The molecule has 3 nitrogen and oxygen atoms in total. The molecule has 0 aromatic carbocycles. The summed E-state index contributed by atoms with van der Waals surface area (Å²) in [7, 11) is 0. The quantitative estimate of drug-likeness (QED) is 0.885. The van der Waals surface area contributed by atoms with E-state index in [4.69, 9.17) is 4.74 Å². The van der Waals surface area contributed by atoms with Gasteiger partial charge in [0.15, 0.2) is 0 Å². The van der Waals surface area contributed by atoms with E-state index in [0.29, 0.717) is 6.04 Å². The lowest BCUT2D eigenvalue weighted by Crippen LogP contribution is -2.23. The average Bonchev–Trinajstić information content (AvgIpc) is 2.80. The highest BCUT2D eigenvalue weighted by Crippen LogP contribution is 2.22. The molecular weight excluding hydrogens is 236 g/mol. The third-order valence-electron chi connectivity index (χ3n) is 4.04. The van der Waals surface area contributed by atoms with Crippen LogP contribution in [0.15, 0.2) is 6.07 Å². The van der Waals surface area contributed by atoms with Gasteiger partial charge in [0, 0.05) is 30.6 Å². The van der Waals surface area contributed by atoms with Crippen LogP contribution < -0.4 is 5.32 Å². The van der Waals surface area contributed by atoms with E-state index in [2.05, 4.69) is 44.1 Å². The number of hydrogen-bond donors (Lipinski definition) is 1. The molecule has 3 heteroatoms. The van der Waals surface area contributed by atoms with Crippen molar-refractivity contribution in [2.45, 2.75) is 46.6 Å². The molecule has 2 unspecified atom stereocenters. The molecule has 0 bridgehead atoms. The van der Waals surface area contributed by atoms with Gasteiger partial charge in [-0.25, -0.2) is 0 Å². The molecule has 0 aliphatic carbocycles. The predicted octanol–water partition coefficient (Wildman–Crippen LogP) is 3.08. The summed E-state index contributed by atoms with van der Waals surface area (Å²) in [5, 5.41) is 3.63. The van der Waals surface area contributed by atoms with E-state index in [9.17, 15) is 0 Å². The summed E-state index contributed by atoms with van der Waals surface area (Å²) in [4.78, 5) is 4.58. The van der Waals surface area contributed by atoms with Crippen LogP contribution in [-0.2, 0) is 4.74 Å². The smallest absolute Gasteiger partial charge is 0.0495 e. The summed E-state index contributed by atoms with van der Waals surface area (Å²) in [6.07, 6.45) is 2.43. The molecule has 0 radical (unpaired) electrons. The largest absolute Gasteiger partial charge is 0.381 e. The zero-order valence-corrected chi connectivity index (χ0v) is 12.6. The fourth-order valence-corrected chi connectivity index (χ4v) is 3.11. The molecule has 106 valence electrons. The number of aromatic nitrogens is 1. The second-order valence-electron chi connectivity index (χ2n) is 5.77. The van der Waals surface area contributed by atoms with Crippen LogP contribution >= 0.6 is 0 Å². The van der Waals surface area contributed by atoms with E-state index in [0.717, 1.165) is 37.1 Å². The normalized spacial score (nSPS) is 20.7. The van der Waals surface area contributed by atoms with Gasteiger partial charge in [0.1, 0.15) is 0 Å². The minimum atomic E-state index is 0.371. The minimum Gasteiger partial charge on any atom is -0.381 e. The zero-order valence-electron chi connectivity index (χ0n) is 12.6. The second-order valence-corrected chi connectivity index (χ2v) is 5.77. The Kier molecular flexibility index (Phi) is 4.94. The first-order valence-electron chi connectivity index (χ1n) is 7.33. The van der Waals surface area contributed by atoms with Gasteiger partial charge in [-0.05, 0) is 70.2 Å². The van der Waals surface area contributed by atoms with Crippen molar-refractivity contribution in [3.63, 3.8) is 0 Å². The van der Waals surface area contributed by atoms with E-state index in [1.165, 1.54) is 24.0 Å². The lowest BCUT2D eigenvalue weighted by atomic mass is 9.99. The fraction of sp³-hybridized carbons (Fsp3) is 0.688. The molecule has 2 rings (SSSR count). The Bertz CT molecular complexity index is 402. The standard InChI is InChI=1S/C16H26N2O/c1-11-9-12(2)18-14(4)16(11)13(3)17-7-5-15-6-8-19-10-15/h9,13,15,17H,5-8,10H2,1-4H3. The van der Waals surface area contributed by atoms with Gasteiger partial charge in [-0.15, -0.1) is 0 Å². The van der Waals surface area contributed by atoms with Crippen LogP contribution in [0, 0.1) is 26.7 Å². The summed E-state index contributed by atoms with van der Waals surface area (Å²) in [5.41, 5.74) is 4.96. The maximum Gasteiger partial charge on any atom is 0.0495 e. The molecular formula is C16H26N2O. The van der Waals surface area contributed by atoms with Gasteiger partial charge in [0.2, 0.25) is 0 Å². The SMILES string of the molecule is Cc1cc(C)c(C(C)NCCC2CCOC2)c(C)n1. The monoisotopic (exact) mass is 262 g/mol. The van der Waals surface area contributed by atoms with Gasteiger partial charge in [0.05, 0.1) is 0 Å². The third kappa shape index (κ3) is 3.77. The molecule has 0 saturated carbocycles. The van der Waals surface area contributed by atoms with Crippen LogP contribution in [0.2, 0.25) is 0 Å². The Hall–Kier alpha value is -0.930. The third-order valence-corrected chi connectivity index (χ3v) is 4.04.